The zero-order valence-electron chi connectivity index (χ0n) is 18.5. The Kier molecular flexibility index (Phi) is 7.66. The SMILES string of the molecule is COc1cccc(N(C)C(=O)CCc2ccc(S(=O)(=O)N[C@H](C)c3ccccc3)cc2)c1. The summed E-state index contributed by atoms with van der Waals surface area (Å²) in [5, 5.41) is 0. The lowest BCUT2D eigenvalue weighted by Gasteiger charge is -2.18. The molecule has 168 valence electrons. The van der Waals surface area contributed by atoms with Gasteiger partial charge in [-0.05, 0) is 48.7 Å². The number of carbonyl (C=O) groups excluding carboxylic acids is 1. The number of nitrogens with zero attached hydrogens (tertiary/aromatic N) is 1. The molecule has 0 bridgehead atoms. The number of anilines is 1. The van der Waals surface area contributed by atoms with Crippen molar-refractivity contribution < 1.29 is 17.9 Å². The van der Waals surface area contributed by atoms with Crippen molar-refractivity contribution in [1.82, 2.24) is 4.72 Å². The number of ether oxygens (including phenoxy) is 1. The van der Waals surface area contributed by atoms with Crippen molar-refractivity contribution in [3.8, 4) is 5.75 Å². The van der Waals surface area contributed by atoms with Crippen LogP contribution in [-0.2, 0) is 21.2 Å². The molecule has 0 aliphatic carbocycles. The summed E-state index contributed by atoms with van der Waals surface area (Å²) in [5.41, 5.74) is 2.55. The molecule has 0 saturated heterocycles. The second kappa shape index (κ2) is 10.4. The number of hydrogen-bond acceptors (Lipinski definition) is 4. The fraction of sp³-hybridized carbons (Fsp3) is 0.240. The van der Waals surface area contributed by atoms with Gasteiger partial charge in [-0.3, -0.25) is 4.79 Å². The van der Waals surface area contributed by atoms with Gasteiger partial charge in [-0.1, -0.05) is 48.5 Å². The first kappa shape index (κ1) is 23.5. The van der Waals surface area contributed by atoms with Gasteiger partial charge in [0.2, 0.25) is 15.9 Å². The molecular weight excluding hydrogens is 424 g/mol. The zero-order valence-corrected chi connectivity index (χ0v) is 19.3. The third-order valence-electron chi connectivity index (χ3n) is 5.31. The monoisotopic (exact) mass is 452 g/mol. The highest BCUT2D eigenvalue weighted by Crippen LogP contribution is 2.21. The molecule has 0 aliphatic heterocycles. The van der Waals surface area contributed by atoms with E-state index in [4.69, 9.17) is 4.74 Å². The average Bonchev–Trinajstić information content (AvgIpc) is 2.82. The van der Waals surface area contributed by atoms with E-state index in [0.717, 1.165) is 16.8 Å². The molecular formula is C25H28N2O4S. The van der Waals surface area contributed by atoms with Gasteiger partial charge < -0.3 is 9.64 Å². The van der Waals surface area contributed by atoms with Gasteiger partial charge in [-0.2, -0.15) is 0 Å². The third kappa shape index (κ3) is 5.96. The van der Waals surface area contributed by atoms with E-state index in [1.807, 2.05) is 55.5 Å². The lowest BCUT2D eigenvalue weighted by molar-refractivity contribution is -0.118. The number of methoxy groups -OCH3 is 1. The normalized spacial score (nSPS) is 12.2. The Hall–Kier alpha value is -3.16. The van der Waals surface area contributed by atoms with E-state index in [1.165, 1.54) is 0 Å². The number of rotatable bonds is 9. The average molecular weight is 453 g/mol. The molecule has 0 saturated carbocycles. The molecule has 6 nitrogen and oxygen atoms in total. The van der Waals surface area contributed by atoms with Crippen LogP contribution in [0.2, 0.25) is 0 Å². The largest absolute Gasteiger partial charge is 0.497 e. The Bertz CT molecular complexity index is 1150. The van der Waals surface area contributed by atoms with Crippen molar-refractivity contribution in [1.29, 1.82) is 0 Å². The minimum Gasteiger partial charge on any atom is -0.497 e. The number of hydrogen-bond donors (Lipinski definition) is 1. The van der Waals surface area contributed by atoms with E-state index in [9.17, 15) is 13.2 Å². The van der Waals surface area contributed by atoms with Crippen LogP contribution in [0.15, 0.2) is 83.8 Å². The summed E-state index contributed by atoms with van der Waals surface area (Å²) in [7, 11) is -0.334. The molecule has 0 unspecified atom stereocenters. The standard InChI is InChI=1S/C25H28N2O4S/c1-19(21-8-5-4-6-9-21)26-32(29,30)24-15-12-20(13-16-24)14-17-25(28)27(2)22-10-7-11-23(18-22)31-3/h4-13,15-16,18-19,26H,14,17H2,1-3H3/t19-/m1/s1. The fourth-order valence-corrected chi connectivity index (χ4v) is 4.56. The summed E-state index contributed by atoms with van der Waals surface area (Å²) in [6.07, 6.45) is 0.824. The Labute approximate surface area is 189 Å². The highest BCUT2D eigenvalue weighted by molar-refractivity contribution is 7.89. The van der Waals surface area contributed by atoms with Crippen molar-refractivity contribution in [3.63, 3.8) is 0 Å². The van der Waals surface area contributed by atoms with Gasteiger partial charge in [0.25, 0.3) is 0 Å². The number of sulfonamides is 1. The highest BCUT2D eigenvalue weighted by Gasteiger charge is 2.18. The van der Waals surface area contributed by atoms with Crippen LogP contribution in [0.1, 0.15) is 30.5 Å². The van der Waals surface area contributed by atoms with Crippen molar-refractivity contribution in [2.24, 2.45) is 0 Å². The topological polar surface area (TPSA) is 75.7 Å². The smallest absolute Gasteiger partial charge is 0.241 e. The maximum atomic E-state index is 12.7. The van der Waals surface area contributed by atoms with E-state index < -0.39 is 10.0 Å². The molecule has 3 rings (SSSR count). The van der Waals surface area contributed by atoms with Gasteiger partial charge in [0, 0.05) is 31.3 Å². The van der Waals surface area contributed by atoms with Gasteiger partial charge in [-0.25, -0.2) is 13.1 Å². The van der Waals surface area contributed by atoms with E-state index in [1.54, 1.807) is 49.4 Å². The van der Waals surface area contributed by atoms with Crippen LogP contribution in [0, 0.1) is 0 Å². The van der Waals surface area contributed by atoms with Crippen LogP contribution in [0.3, 0.4) is 0 Å². The zero-order chi connectivity index (χ0) is 23.1. The van der Waals surface area contributed by atoms with Crippen LogP contribution in [0.25, 0.3) is 0 Å². The molecule has 32 heavy (non-hydrogen) atoms. The fourth-order valence-electron chi connectivity index (χ4n) is 3.33. The lowest BCUT2D eigenvalue weighted by atomic mass is 10.1. The Morgan fingerprint density at radius 1 is 1.00 bits per heavy atom. The first-order valence-electron chi connectivity index (χ1n) is 10.4. The van der Waals surface area contributed by atoms with E-state index in [-0.39, 0.29) is 16.8 Å². The molecule has 3 aromatic rings. The first-order valence-corrected chi connectivity index (χ1v) is 11.9. The maximum Gasteiger partial charge on any atom is 0.241 e. The van der Waals surface area contributed by atoms with Crippen molar-refractivity contribution in [2.45, 2.75) is 30.7 Å². The van der Waals surface area contributed by atoms with Crippen LogP contribution >= 0.6 is 0 Å². The second-order valence-corrected chi connectivity index (χ2v) is 9.27. The van der Waals surface area contributed by atoms with E-state index in [0.29, 0.717) is 18.6 Å². The molecule has 0 spiro atoms. The van der Waals surface area contributed by atoms with Gasteiger partial charge in [0.1, 0.15) is 5.75 Å². The van der Waals surface area contributed by atoms with Gasteiger partial charge in [0.15, 0.2) is 0 Å². The molecule has 0 fully saturated rings. The lowest BCUT2D eigenvalue weighted by Crippen LogP contribution is -2.27. The summed E-state index contributed by atoms with van der Waals surface area (Å²) in [6.45, 7) is 1.81. The minimum absolute atomic E-state index is 0.0340. The Morgan fingerprint density at radius 3 is 2.34 bits per heavy atom. The van der Waals surface area contributed by atoms with Gasteiger partial charge in [-0.15, -0.1) is 0 Å². The second-order valence-electron chi connectivity index (χ2n) is 7.55. The van der Waals surface area contributed by atoms with Crippen LogP contribution in [0.5, 0.6) is 5.75 Å². The van der Waals surface area contributed by atoms with E-state index in [2.05, 4.69) is 4.72 Å². The number of carbonyl (C=O) groups is 1. The predicted molar refractivity (Wildman–Crippen MR) is 126 cm³/mol. The molecule has 1 atom stereocenters. The quantitative estimate of drug-likeness (QED) is 0.524. The molecule has 1 N–H and O–H groups in total. The Morgan fingerprint density at radius 2 is 1.69 bits per heavy atom. The number of aryl methyl sites for hydroxylation is 1. The van der Waals surface area contributed by atoms with Crippen molar-refractivity contribution in [3.05, 3.63) is 90.0 Å². The van der Waals surface area contributed by atoms with Crippen molar-refractivity contribution in [2.75, 3.05) is 19.1 Å². The summed E-state index contributed by atoms with van der Waals surface area (Å²) in [5.74, 6) is 0.655. The molecule has 0 aliphatic rings. The molecule has 0 radical (unpaired) electrons. The number of amides is 1. The maximum absolute atomic E-state index is 12.7. The minimum atomic E-state index is -3.65. The summed E-state index contributed by atoms with van der Waals surface area (Å²) in [6, 6.07) is 23.0. The summed E-state index contributed by atoms with van der Waals surface area (Å²) in [4.78, 5) is 14.4. The highest BCUT2D eigenvalue weighted by atomic mass is 32.2. The number of benzene rings is 3. The first-order chi connectivity index (χ1) is 15.3. The van der Waals surface area contributed by atoms with Crippen LogP contribution in [0.4, 0.5) is 5.69 Å². The molecule has 3 aromatic carbocycles. The number of nitrogens with one attached hydrogen (secondary N) is 1. The van der Waals surface area contributed by atoms with Crippen molar-refractivity contribution >= 4 is 21.6 Å². The molecule has 7 heteroatoms. The predicted octanol–water partition coefficient (Wildman–Crippen LogP) is 4.33. The summed E-state index contributed by atoms with van der Waals surface area (Å²) >= 11 is 0. The Balaban J connectivity index is 1.59. The van der Waals surface area contributed by atoms with E-state index >= 15 is 0 Å². The molecule has 0 aromatic heterocycles. The van der Waals surface area contributed by atoms with Crippen LogP contribution < -0.4 is 14.4 Å². The van der Waals surface area contributed by atoms with Crippen LogP contribution in [-0.4, -0.2) is 28.5 Å². The molecule has 1 amide bonds. The van der Waals surface area contributed by atoms with Gasteiger partial charge in [0.05, 0.1) is 12.0 Å². The summed E-state index contributed by atoms with van der Waals surface area (Å²) < 4.78 is 33.3. The molecule has 0 heterocycles. The van der Waals surface area contributed by atoms with Gasteiger partial charge >= 0.3 is 0 Å². The third-order valence-corrected chi connectivity index (χ3v) is 6.86.